The maximum absolute atomic E-state index is 11.5. The van der Waals surface area contributed by atoms with Crippen LogP contribution in [-0.2, 0) is 4.79 Å². The Hall–Kier alpha value is -2.11. The highest BCUT2D eigenvalue weighted by Gasteiger charge is 2.10. The second-order valence-electron chi connectivity index (χ2n) is 5.29. The zero-order valence-electron chi connectivity index (χ0n) is 12.4. The highest BCUT2D eigenvalue weighted by atomic mass is 16.2. The predicted molar refractivity (Wildman–Crippen MR) is 78.9 cm³/mol. The number of fused-ring (bicyclic) bond motifs is 1. The van der Waals surface area contributed by atoms with Crippen LogP contribution in [0.3, 0.4) is 0 Å². The molecule has 0 bridgehead atoms. The minimum atomic E-state index is 0.0980. The standard InChI is InChI=1S/C14H21N5O/c1-10(2)11-9-12-14(16-7-8-19(12)17-11)15-6-5-13(20)18(3)4/h7-10H,5-6H2,1-4H3,(H,15,16). The number of amides is 1. The Morgan fingerprint density at radius 3 is 2.85 bits per heavy atom. The number of rotatable bonds is 5. The van der Waals surface area contributed by atoms with Crippen LogP contribution in [0.25, 0.3) is 5.52 Å². The summed E-state index contributed by atoms with van der Waals surface area (Å²) in [6.07, 6.45) is 3.98. The first-order valence-electron chi connectivity index (χ1n) is 6.77. The van der Waals surface area contributed by atoms with Gasteiger partial charge in [0.25, 0.3) is 0 Å². The van der Waals surface area contributed by atoms with Gasteiger partial charge in [0.1, 0.15) is 5.52 Å². The third kappa shape index (κ3) is 3.07. The van der Waals surface area contributed by atoms with Gasteiger partial charge in [-0.25, -0.2) is 9.50 Å². The number of nitrogens with zero attached hydrogens (tertiary/aromatic N) is 4. The van der Waals surface area contributed by atoms with Crippen molar-refractivity contribution in [3.05, 3.63) is 24.2 Å². The largest absolute Gasteiger partial charge is 0.368 e. The van der Waals surface area contributed by atoms with Crippen molar-refractivity contribution in [3.8, 4) is 0 Å². The molecule has 0 saturated heterocycles. The molecule has 6 nitrogen and oxygen atoms in total. The van der Waals surface area contributed by atoms with E-state index in [1.54, 1.807) is 25.2 Å². The Morgan fingerprint density at radius 1 is 1.45 bits per heavy atom. The van der Waals surface area contributed by atoms with Crippen molar-refractivity contribution in [3.63, 3.8) is 0 Å². The van der Waals surface area contributed by atoms with Crippen molar-refractivity contribution in [1.82, 2.24) is 19.5 Å². The first-order valence-corrected chi connectivity index (χ1v) is 6.77. The van der Waals surface area contributed by atoms with Gasteiger partial charge in [0.05, 0.1) is 5.69 Å². The summed E-state index contributed by atoms with van der Waals surface area (Å²) in [7, 11) is 3.51. The number of carbonyl (C=O) groups excluding carboxylic acids is 1. The highest BCUT2D eigenvalue weighted by Crippen LogP contribution is 2.19. The molecule has 2 aromatic rings. The second-order valence-corrected chi connectivity index (χ2v) is 5.29. The molecule has 0 radical (unpaired) electrons. The van der Waals surface area contributed by atoms with Crippen molar-refractivity contribution in [2.75, 3.05) is 26.0 Å². The number of carbonyl (C=O) groups is 1. The van der Waals surface area contributed by atoms with E-state index in [2.05, 4.69) is 29.2 Å². The summed E-state index contributed by atoms with van der Waals surface area (Å²) in [5.74, 6) is 1.23. The highest BCUT2D eigenvalue weighted by molar-refractivity contribution is 5.76. The number of anilines is 1. The Bertz CT molecular complexity index is 603. The molecular weight excluding hydrogens is 254 g/mol. The fourth-order valence-corrected chi connectivity index (χ4v) is 1.87. The summed E-state index contributed by atoms with van der Waals surface area (Å²) in [5, 5.41) is 7.71. The van der Waals surface area contributed by atoms with Crippen LogP contribution in [0.15, 0.2) is 18.5 Å². The molecule has 0 aromatic carbocycles. The molecule has 108 valence electrons. The molecule has 0 fully saturated rings. The van der Waals surface area contributed by atoms with Gasteiger partial charge in [0, 0.05) is 39.5 Å². The van der Waals surface area contributed by atoms with Crippen molar-refractivity contribution in [2.24, 2.45) is 0 Å². The van der Waals surface area contributed by atoms with Crippen LogP contribution in [-0.4, -0.2) is 46.0 Å². The zero-order valence-corrected chi connectivity index (χ0v) is 12.4. The molecule has 1 amide bonds. The van der Waals surface area contributed by atoms with Gasteiger partial charge in [0.2, 0.25) is 5.91 Å². The smallest absolute Gasteiger partial charge is 0.223 e. The van der Waals surface area contributed by atoms with Gasteiger partial charge in [-0.05, 0) is 12.0 Å². The van der Waals surface area contributed by atoms with Crippen LogP contribution in [0.4, 0.5) is 5.82 Å². The monoisotopic (exact) mass is 275 g/mol. The molecule has 2 aromatic heterocycles. The zero-order chi connectivity index (χ0) is 14.7. The molecule has 1 N–H and O–H groups in total. The minimum Gasteiger partial charge on any atom is -0.368 e. The first-order chi connectivity index (χ1) is 9.49. The number of nitrogens with one attached hydrogen (secondary N) is 1. The lowest BCUT2D eigenvalue weighted by molar-refractivity contribution is -0.128. The summed E-state index contributed by atoms with van der Waals surface area (Å²) in [4.78, 5) is 17.5. The summed E-state index contributed by atoms with van der Waals surface area (Å²) < 4.78 is 1.82. The van der Waals surface area contributed by atoms with Crippen LogP contribution in [0.2, 0.25) is 0 Å². The van der Waals surface area contributed by atoms with Crippen molar-refractivity contribution >= 4 is 17.2 Å². The lowest BCUT2D eigenvalue weighted by Gasteiger charge is -2.11. The summed E-state index contributed by atoms with van der Waals surface area (Å²) in [5.41, 5.74) is 1.97. The van der Waals surface area contributed by atoms with Gasteiger partial charge < -0.3 is 10.2 Å². The molecule has 0 aliphatic heterocycles. The van der Waals surface area contributed by atoms with Gasteiger partial charge in [-0.15, -0.1) is 0 Å². The second kappa shape index (κ2) is 5.90. The van der Waals surface area contributed by atoms with Crippen molar-refractivity contribution < 1.29 is 4.79 Å². The number of aromatic nitrogens is 3. The Kier molecular flexibility index (Phi) is 4.22. The van der Waals surface area contributed by atoms with Crippen molar-refractivity contribution in [1.29, 1.82) is 0 Å². The molecule has 6 heteroatoms. The predicted octanol–water partition coefficient (Wildman–Crippen LogP) is 1.74. The fourth-order valence-electron chi connectivity index (χ4n) is 1.87. The van der Waals surface area contributed by atoms with E-state index in [0.29, 0.717) is 18.9 Å². The molecule has 0 atom stereocenters. The van der Waals surface area contributed by atoms with E-state index in [0.717, 1.165) is 17.0 Å². The molecule has 2 heterocycles. The summed E-state index contributed by atoms with van der Waals surface area (Å²) in [6, 6.07) is 2.04. The van der Waals surface area contributed by atoms with E-state index in [9.17, 15) is 4.79 Å². The lowest BCUT2D eigenvalue weighted by atomic mass is 10.1. The number of hydrogen-bond acceptors (Lipinski definition) is 4. The van der Waals surface area contributed by atoms with E-state index >= 15 is 0 Å². The molecule has 2 rings (SSSR count). The third-order valence-electron chi connectivity index (χ3n) is 3.13. The molecule has 0 aliphatic rings. The Morgan fingerprint density at radius 2 is 2.20 bits per heavy atom. The molecule has 20 heavy (non-hydrogen) atoms. The van der Waals surface area contributed by atoms with Crippen LogP contribution in [0, 0.1) is 0 Å². The molecule has 0 spiro atoms. The first kappa shape index (κ1) is 14.3. The lowest BCUT2D eigenvalue weighted by Crippen LogP contribution is -2.24. The maximum atomic E-state index is 11.5. The quantitative estimate of drug-likeness (QED) is 0.903. The van der Waals surface area contributed by atoms with E-state index in [-0.39, 0.29) is 5.91 Å². The topological polar surface area (TPSA) is 62.5 Å². The average molecular weight is 275 g/mol. The van der Waals surface area contributed by atoms with Crippen LogP contribution in [0.1, 0.15) is 31.9 Å². The third-order valence-corrected chi connectivity index (χ3v) is 3.13. The van der Waals surface area contributed by atoms with Gasteiger partial charge in [0.15, 0.2) is 5.82 Å². The van der Waals surface area contributed by atoms with E-state index < -0.39 is 0 Å². The molecule has 0 aliphatic carbocycles. The van der Waals surface area contributed by atoms with Gasteiger partial charge in [-0.3, -0.25) is 4.79 Å². The van der Waals surface area contributed by atoms with E-state index in [1.165, 1.54) is 0 Å². The SMILES string of the molecule is CC(C)c1cc2c(NCCC(=O)N(C)C)nccn2n1. The maximum Gasteiger partial charge on any atom is 0.223 e. The normalized spacial score (nSPS) is 11.1. The minimum absolute atomic E-state index is 0.0980. The van der Waals surface area contributed by atoms with Gasteiger partial charge in [-0.2, -0.15) is 5.10 Å². The van der Waals surface area contributed by atoms with Gasteiger partial charge in [-0.1, -0.05) is 13.8 Å². The molecule has 0 unspecified atom stereocenters. The van der Waals surface area contributed by atoms with Gasteiger partial charge >= 0.3 is 0 Å². The fraction of sp³-hybridized carbons (Fsp3) is 0.500. The molecule has 0 saturated carbocycles. The summed E-state index contributed by atoms with van der Waals surface area (Å²) in [6.45, 7) is 4.78. The van der Waals surface area contributed by atoms with Crippen LogP contribution in [0.5, 0.6) is 0 Å². The Balaban J connectivity index is 2.12. The average Bonchev–Trinajstić information content (AvgIpc) is 2.83. The van der Waals surface area contributed by atoms with Crippen LogP contribution >= 0.6 is 0 Å². The van der Waals surface area contributed by atoms with Crippen LogP contribution < -0.4 is 5.32 Å². The van der Waals surface area contributed by atoms with E-state index in [1.807, 2.05) is 16.8 Å². The molecular formula is C14H21N5O. The van der Waals surface area contributed by atoms with Crippen molar-refractivity contribution in [2.45, 2.75) is 26.2 Å². The number of hydrogen-bond donors (Lipinski definition) is 1. The van der Waals surface area contributed by atoms with E-state index in [4.69, 9.17) is 0 Å². The summed E-state index contributed by atoms with van der Waals surface area (Å²) >= 11 is 0. The Labute approximate surface area is 118 Å².